The second kappa shape index (κ2) is 9.52. The molecule has 1 aromatic rings. The second-order valence-corrected chi connectivity index (χ2v) is 8.64. The van der Waals surface area contributed by atoms with E-state index in [1.165, 1.54) is 6.42 Å². The molecule has 1 aliphatic carbocycles. The van der Waals surface area contributed by atoms with Crippen LogP contribution in [-0.2, 0) is 29.0 Å². The minimum absolute atomic E-state index is 0.130. The summed E-state index contributed by atoms with van der Waals surface area (Å²) in [6.45, 7) is 8.13. The topological polar surface area (TPSA) is 80.1 Å². The number of hydrogen-bond acceptors (Lipinski definition) is 4. The van der Waals surface area contributed by atoms with Crippen LogP contribution >= 0.6 is 0 Å². The molecule has 2 heterocycles. The SMILES string of the molecule is CCC(C)CC(=O)N[C@H](C)C1CCN(C(=O)Cn2nnc3c2CCCC3)CC1. The smallest absolute Gasteiger partial charge is 0.244 e. The average Bonchev–Trinajstić information content (AvgIpc) is 3.10. The molecule has 2 atom stereocenters. The molecule has 1 unspecified atom stereocenters. The van der Waals surface area contributed by atoms with Crippen LogP contribution in [0.3, 0.4) is 0 Å². The van der Waals surface area contributed by atoms with Crippen LogP contribution < -0.4 is 5.32 Å². The van der Waals surface area contributed by atoms with Crippen molar-refractivity contribution in [3.8, 4) is 0 Å². The van der Waals surface area contributed by atoms with E-state index in [1.54, 1.807) is 4.68 Å². The van der Waals surface area contributed by atoms with Gasteiger partial charge in [0.25, 0.3) is 0 Å². The molecule has 0 saturated carbocycles. The molecular formula is C21H35N5O2. The van der Waals surface area contributed by atoms with E-state index in [0.29, 0.717) is 24.8 Å². The predicted molar refractivity (Wildman–Crippen MR) is 108 cm³/mol. The van der Waals surface area contributed by atoms with Crippen LogP contribution in [0.2, 0.25) is 0 Å². The number of piperidine rings is 1. The number of carbonyl (C=O) groups excluding carboxylic acids is 2. The summed E-state index contributed by atoms with van der Waals surface area (Å²) in [6.07, 6.45) is 7.77. The largest absolute Gasteiger partial charge is 0.353 e. The maximum atomic E-state index is 12.7. The molecule has 2 amide bonds. The maximum Gasteiger partial charge on any atom is 0.244 e. The second-order valence-electron chi connectivity index (χ2n) is 8.64. The molecule has 1 aromatic heterocycles. The first kappa shape index (κ1) is 20.8. The first-order valence-corrected chi connectivity index (χ1v) is 11.0. The molecule has 3 rings (SSSR count). The fraction of sp³-hybridized carbons (Fsp3) is 0.810. The van der Waals surface area contributed by atoms with Gasteiger partial charge in [-0.3, -0.25) is 9.59 Å². The number of amides is 2. The van der Waals surface area contributed by atoms with Crippen LogP contribution in [0, 0.1) is 11.8 Å². The van der Waals surface area contributed by atoms with Crippen molar-refractivity contribution < 1.29 is 9.59 Å². The third kappa shape index (κ3) is 5.11. The number of fused-ring (bicyclic) bond motifs is 1. The number of hydrogen-bond donors (Lipinski definition) is 1. The molecule has 0 aromatic carbocycles. The number of rotatable bonds is 7. The summed E-state index contributed by atoms with van der Waals surface area (Å²) in [7, 11) is 0. The Balaban J connectivity index is 1.45. The van der Waals surface area contributed by atoms with Crippen molar-refractivity contribution in [2.45, 2.75) is 84.7 Å². The van der Waals surface area contributed by atoms with Crippen LogP contribution in [-0.4, -0.2) is 50.8 Å². The molecule has 1 fully saturated rings. The van der Waals surface area contributed by atoms with Gasteiger partial charge in [0, 0.05) is 25.6 Å². The first-order valence-electron chi connectivity index (χ1n) is 11.0. The predicted octanol–water partition coefficient (Wildman–Crippen LogP) is 2.34. The number of carbonyl (C=O) groups is 2. The Kier molecular flexibility index (Phi) is 7.08. The molecule has 7 nitrogen and oxygen atoms in total. The zero-order valence-electron chi connectivity index (χ0n) is 17.6. The normalized spacial score (nSPS) is 19.8. The van der Waals surface area contributed by atoms with Crippen molar-refractivity contribution >= 4 is 11.8 Å². The highest BCUT2D eigenvalue weighted by atomic mass is 16.2. The van der Waals surface area contributed by atoms with Crippen molar-refractivity contribution in [2.24, 2.45) is 11.8 Å². The summed E-state index contributed by atoms with van der Waals surface area (Å²) in [6, 6.07) is 0.163. The lowest BCUT2D eigenvalue weighted by atomic mass is 9.90. The van der Waals surface area contributed by atoms with E-state index >= 15 is 0 Å². The number of aryl methyl sites for hydroxylation is 1. The van der Waals surface area contributed by atoms with Gasteiger partial charge in [0.05, 0.1) is 11.4 Å². The van der Waals surface area contributed by atoms with Crippen molar-refractivity contribution in [3.63, 3.8) is 0 Å². The van der Waals surface area contributed by atoms with Crippen LogP contribution in [0.25, 0.3) is 0 Å². The van der Waals surface area contributed by atoms with Gasteiger partial charge in [0.2, 0.25) is 11.8 Å². The van der Waals surface area contributed by atoms with E-state index in [-0.39, 0.29) is 17.9 Å². The van der Waals surface area contributed by atoms with Crippen molar-refractivity contribution in [3.05, 3.63) is 11.4 Å². The highest BCUT2D eigenvalue weighted by Gasteiger charge is 2.28. The minimum atomic E-state index is 0.130. The van der Waals surface area contributed by atoms with Crippen LogP contribution in [0.15, 0.2) is 0 Å². The highest BCUT2D eigenvalue weighted by Crippen LogP contribution is 2.22. The van der Waals surface area contributed by atoms with Crippen LogP contribution in [0.4, 0.5) is 0 Å². The Morgan fingerprint density at radius 2 is 1.89 bits per heavy atom. The van der Waals surface area contributed by atoms with Crippen molar-refractivity contribution in [1.29, 1.82) is 0 Å². The van der Waals surface area contributed by atoms with Crippen LogP contribution in [0.5, 0.6) is 0 Å². The van der Waals surface area contributed by atoms with Crippen molar-refractivity contribution in [2.75, 3.05) is 13.1 Å². The van der Waals surface area contributed by atoms with E-state index in [1.807, 2.05) is 4.90 Å². The number of nitrogens with one attached hydrogen (secondary N) is 1. The fourth-order valence-corrected chi connectivity index (χ4v) is 4.32. The van der Waals surface area contributed by atoms with Gasteiger partial charge in [-0.05, 0) is 57.3 Å². The summed E-state index contributed by atoms with van der Waals surface area (Å²) in [4.78, 5) is 26.8. The van der Waals surface area contributed by atoms with Gasteiger partial charge in [-0.25, -0.2) is 4.68 Å². The fourth-order valence-electron chi connectivity index (χ4n) is 4.32. The zero-order chi connectivity index (χ0) is 20.1. The van der Waals surface area contributed by atoms with E-state index in [0.717, 1.165) is 63.0 Å². The average molecular weight is 390 g/mol. The van der Waals surface area contributed by atoms with E-state index in [9.17, 15) is 9.59 Å². The lowest BCUT2D eigenvalue weighted by molar-refractivity contribution is -0.134. The molecule has 0 bridgehead atoms. The Morgan fingerprint density at radius 3 is 2.61 bits per heavy atom. The summed E-state index contributed by atoms with van der Waals surface area (Å²) < 4.78 is 1.81. The van der Waals surface area contributed by atoms with E-state index < -0.39 is 0 Å². The molecular weight excluding hydrogens is 354 g/mol. The Morgan fingerprint density at radius 1 is 1.18 bits per heavy atom. The van der Waals surface area contributed by atoms with Gasteiger partial charge in [0.15, 0.2) is 0 Å². The molecule has 28 heavy (non-hydrogen) atoms. The molecule has 1 aliphatic heterocycles. The Labute approximate surface area is 168 Å². The monoisotopic (exact) mass is 389 g/mol. The Bertz CT molecular complexity index is 678. The summed E-state index contributed by atoms with van der Waals surface area (Å²) in [5.74, 6) is 1.14. The zero-order valence-corrected chi connectivity index (χ0v) is 17.6. The van der Waals surface area contributed by atoms with E-state index in [2.05, 4.69) is 36.4 Å². The summed E-state index contributed by atoms with van der Waals surface area (Å²) >= 11 is 0. The molecule has 1 saturated heterocycles. The molecule has 156 valence electrons. The maximum absolute atomic E-state index is 12.7. The standard InChI is InChI=1S/C21H35N5O2/c1-4-15(2)13-20(27)22-16(3)17-9-11-25(12-10-17)21(28)14-26-19-8-6-5-7-18(19)23-24-26/h15-17H,4-14H2,1-3H3,(H,22,27)/t15?,16-/m1/s1. The van der Waals surface area contributed by atoms with Gasteiger partial charge in [-0.15, -0.1) is 5.10 Å². The molecule has 1 N–H and O–H groups in total. The summed E-state index contributed by atoms with van der Waals surface area (Å²) in [5.41, 5.74) is 2.21. The molecule has 7 heteroatoms. The van der Waals surface area contributed by atoms with Gasteiger partial charge in [0.1, 0.15) is 6.54 Å². The Hall–Kier alpha value is -1.92. The number of nitrogens with zero attached hydrogens (tertiary/aromatic N) is 4. The summed E-state index contributed by atoms with van der Waals surface area (Å²) in [5, 5.41) is 11.6. The molecule has 0 radical (unpaired) electrons. The highest BCUT2D eigenvalue weighted by molar-refractivity contribution is 5.77. The lowest BCUT2D eigenvalue weighted by Crippen LogP contribution is -2.46. The lowest BCUT2D eigenvalue weighted by Gasteiger charge is -2.35. The number of likely N-dealkylation sites (tertiary alicyclic amines) is 1. The third-order valence-corrected chi connectivity index (χ3v) is 6.50. The van der Waals surface area contributed by atoms with Gasteiger partial charge in [-0.1, -0.05) is 25.5 Å². The third-order valence-electron chi connectivity index (χ3n) is 6.50. The molecule has 0 spiro atoms. The number of aromatic nitrogens is 3. The quantitative estimate of drug-likeness (QED) is 0.776. The van der Waals surface area contributed by atoms with E-state index in [4.69, 9.17) is 0 Å². The van der Waals surface area contributed by atoms with Crippen LogP contribution in [0.1, 0.15) is 70.7 Å². The van der Waals surface area contributed by atoms with Crippen molar-refractivity contribution in [1.82, 2.24) is 25.2 Å². The molecule has 2 aliphatic rings. The minimum Gasteiger partial charge on any atom is -0.353 e. The van der Waals surface area contributed by atoms with Gasteiger partial charge >= 0.3 is 0 Å². The van der Waals surface area contributed by atoms with Gasteiger partial charge < -0.3 is 10.2 Å². The first-order chi connectivity index (χ1) is 13.5. The van der Waals surface area contributed by atoms with Gasteiger partial charge in [-0.2, -0.15) is 0 Å².